The smallest absolute Gasteiger partial charge is 0.227 e. The Morgan fingerprint density at radius 3 is 2.60 bits per heavy atom. The summed E-state index contributed by atoms with van der Waals surface area (Å²) in [7, 11) is 0. The van der Waals surface area contributed by atoms with Crippen molar-refractivity contribution in [2.45, 2.75) is 46.0 Å². The molecule has 2 rings (SSSR count). The van der Waals surface area contributed by atoms with Gasteiger partial charge in [-0.25, -0.2) is 0 Å². The van der Waals surface area contributed by atoms with Crippen LogP contribution in [0.4, 0.5) is 5.69 Å². The topological polar surface area (TPSA) is 58.6 Å². The summed E-state index contributed by atoms with van der Waals surface area (Å²) in [6.45, 7) is 6.75. The molecule has 25 heavy (non-hydrogen) atoms. The number of nitrogens with one attached hydrogen (secondary N) is 1. The van der Waals surface area contributed by atoms with Gasteiger partial charge in [0, 0.05) is 38.4 Å². The van der Waals surface area contributed by atoms with E-state index in [1.807, 2.05) is 24.3 Å². The lowest BCUT2D eigenvalue weighted by Crippen LogP contribution is -2.33. The third kappa shape index (κ3) is 5.85. The van der Waals surface area contributed by atoms with E-state index in [9.17, 15) is 9.59 Å². The van der Waals surface area contributed by atoms with E-state index in [1.165, 1.54) is 5.56 Å². The van der Waals surface area contributed by atoms with E-state index in [1.54, 1.807) is 4.90 Å². The summed E-state index contributed by atoms with van der Waals surface area (Å²) in [4.78, 5) is 26.2. The number of carbonyl (C=O) groups is 2. The average Bonchev–Trinajstić information content (AvgIpc) is 3.02. The highest BCUT2D eigenvalue weighted by atomic mass is 16.5. The van der Waals surface area contributed by atoms with E-state index in [2.05, 4.69) is 19.2 Å². The molecule has 0 saturated carbocycles. The Labute approximate surface area is 150 Å². The van der Waals surface area contributed by atoms with Gasteiger partial charge in [-0.05, 0) is 37.0 Å². The van der Waals surface area contributed by atoms with Gasteiger partial charge in [0.1, 0.15) is 0 Å². The lowest BCUT2D eigenvalue weighted by molar-refractivity contribution is -0.126. The van der Waals surface area contributed by atoms with Crippen LogP contribution in [0.25, 0.3) is 0 Å². The predicted octanol–water partition coefficient (Wildman–Crippen LogP) is 2.92. The highest BCUT2D eigenvalue weighted by Crippen LogP contribution is 2.25. The largest absolute Gasteiger partial charge is 0.381 e. The molecule has 1 heterocycles. The second-order valence-corrected chi connectivity index (χ2v) is 6.54. The Balaban J connectivity index is 1.74. The van der Waals surface area contributed by atoms with Crippen LogP contribution in [0.15, 0.2) is 24.3 Å². The Morgan fingerprint density at radius 1 is 1.20 bits per heavy atom. The van der Waals surface area contributed by atoms with E-state index in [0.29, 0.717) is 19.7 Å². The number of rotatable bonds is 10. The van der Waals surface area contributed by atoms with Crippen LogP contribution in [0.3, 0.4) is 0 Å². The number of carbonyl (C=O) groups excluding carboxylic acids is 2. The molecule has 1 N–H and O–H groups in total. The maximum Gasteiger partial charge on any atom is 0.227 e. The fraction of sp³-hybridized carbons (Fsp3) is 0.600. The lowest BCUT2D eigenvalue weighted by atomic mass is 10.1. The SMILES string of the molecule is CCCCOCCCNC(=O)C1CC(=O)N(c2ccc(CC)cc2)C1. The van der Waals surface area contributed by atoms with Gasteiger partial charge in [0.15, 0.2) is 0 Å². The van der Waals surface area contributed by atoms with Gasteiger partial charge in [-0.3, -0.25) is 9.59 Å². The first-order valence-electron chi connectivity index (χ1n) is 9.40. The molecule has 1 aromatic carbocycles. The Kier molecular flexibility index (Phi) is 7.92. The van der Waals surface area contributed by atoms with Crippen molar-refractivity contribution in [1.29, 1.82) is 0 Å². The fourth-order valence-electron chi connectivity index (χ4n) is 2.92. The van der Waals surface area contributed by atoms with E-state index in [-0.39, 0.29) is 24.2 Å². The van der Waals surface area contributed by atoms with Crippen LogP contribution in [-0.4, -0.2) is 38.1 Å². The van der Waals surface area contributed by atoms with Crippen molar-refractivity contribution >= 4 is 17.5 Å². The van der Waals surface area contributed by atoms with Crippen molar-refractivity contribution in [2.24, 2.45) is 5.92 Å². The second kappa shape index (κ2) is 10.2. The van der Waals surface area contributed by atoms with Gasteiger partial charge in [-0.2, -0.15) is 0 Å². The zero-order valence-electron chi connectivity index (χ0n) is 15.4. The first-order chi connectivity index (χ1) is 12.2. The summed E-state index contributed by atoms with van der Waals surface area (Å²) in [5.74, 6) is -0.277. The molecule has 0 aliphatic carbocycles. The minimum Gasteiger partial charge on any atom is -0.381 e. The number of nitrogens with zero attached hydrogens (tertiary/aromatic N) is 1. The van der Waals surface area contributed by atoms with Gasteiger partial charge in [-0.1, -0.05) is 32.4 Å². The first-order valence-corrected chi connectivity index (χ1v) is 9.40. The van der Waals surface area contributed by atoms with E-state index >= 15 is 0 Å². The van der Waals surface area contributed by atoms with Crippen molar-refractivity contribution in [1.82, 2.24) is 5.32 Å². The molecule has 1 aliphatic heterocycles. The molecule has 1 unspecified atom stereocenters. The lowest BCUT2D eigenvalue weighted by Gasteiger charge is -2.17. The van der Waals surface area contributed by atoms with E-state index in [4.69, 9.17) is 4.74 Å². The Bertz CT molecular complexity index is 557. The molecule has 0 aromatic heterocycles. The van der Waals surface area contributed by atoms with Gasteiger partial charge >= 0.3 is 0 Å². The summed E-state index contributed by atoms with van der Waals surface area (Å²) in [6.07, 6.45) is 4.27. The van der Waals surface area contributed by atoms with Crippen LogP contribution >= 0.6 is 0 Å². The summed E-state index contributed by atoms with van der Waals surface area (Å²) in [5, 5.41) is 2.93. The van der Waals surface area contributed by atoms with Gasteiger partial charge in [0.05, 0.1) is 5.92 Å². The number of ether oxygens (including phenoxy) is 1. The number of hydrogen-bond donors (Lipinski definition) is 1. The van der Waals surface area contributed by atoms with Crippen molar-refractivity contribution in [2.75, 3.05) is 31.2 Å². The average molecular weight is 346 g/mol. The summed E-state index contributed by atoms with van der Waals surface area (Å²) < 4.78 is 5.48. The van der Waals surface area contributed by atoms with E-state index in [0.717, 1.165) is 38.0 Å². The third-order valence-corrected chi connectivity index (χ3v) is 4.56. The summed E-state index contributed by atoms with van der Waals surface area (Å²) in [5.41, 5.74) is 2.12. The van der Waals surface area contributed by atoms with Gasteiger partial charge < -0.3 is 15.0 Å². The third-order valence-electron chi connectivity index (χ3n) is 4.56. The molecule has 1 fully saturated rings. The molecule has 138 valence electrons. The van der Waals surface area contributed by atoms with Crippen LogP contribution in [0.1, 0.15) is 45.1 Å². The van der Waals surface area contributed by atoms with E-state index < -0.39 is 0 Å². The number of anilines is 1. The minimum atomic E-state index is -0.264. The molecular weight excluding hydrogens is 316 g/mol. The maximum atomic E-state index is 12.3. The van der Waals surface area contributed by atoms with Crippen molar-refractivity contribution in [3.05, 3.63) is 29.8 Å². The van der Waals surface area contributed by atoms with Crippen LogP contribution in [0.5, 0.6) is 0 Å². The zero-order chi connectivity index (χ0) is 18.1. The molecule has 5 nitrogen and oxygen atoms in total. The van der Waals surface area contributed by atoms with Crippen molar-refractivity contribution in [3.8, 4) is 0 Å². The zero-order valence-corrected chi connectivity index (χ0v) is 15.4. The molecular formula is C20H30N2O3. The standard InChI is InChI=1S/C20H30N2O3/c1-3-5-12-25-13-6-11-21-20(24)17-14-19(23)22(15-17)18-9-7-16(4-2)8-10-18/h7-10,17H,3-6,11-15H2,1-2H3,(H,21,24). The molecule has 1 saturated heterocycles. The van der Waals surface area contributed by atoms with Crippen LogP contribution in [0.2, 0.25) is 0 Å². The Hall–Kier alpha value is -1.88. The monoisotopic (exact) mass is 346 g/mol. The van der Waals surface area contributed by atoms with Gasteiger partial charge in [0.2, 0.25) is 11.8 Å². The molecule has 5 heteroatoms. The molecule has 0 bridgehead atoms. The molecule has 2 amide bonds. The maximum absolute atomic E-state index is 12.3. The first kappa shape index (κ1) is 19.4. The van der Waals surface area contributed by atoms with Crippen molar-refractivity contribution < 1.29 is 14.3 Å². The normalized spacial score (nSPS) is 17.1. The fourth-order valence-corrected chi connectivity index (χ4v) is 2.92. The highest BCUT2D eigenvalue weighted by molar-refractivity contribution is 6.00. The highest BCUT2D eigenvalue weighted by Gasteiger charge is 2.34. The molecule has 1 aromatic rings. The molecule has 1 atom stereocenters. The minimum absolute atomic E-state index is 0.0206. The number of aryl methyl sites for hydroxylation is 1. The van der Waals surface area contributed by atoms with Crippen LogP contribution in [-0.2, 0) is 20.7 Å². The number of hydrogen-bond acceptors (Lipinski definition) is 3. The number of unbranched alkanes of at least 4 members (excludes halogenated alkanes) is 1. The summed E-state index contributed by atoms with van der Waals surface area (Å²) in [6, 6.07) is 8.00. The molecule has 0 spiro atoms. The Morgan fingerprint density at radius 2 is 1.92 bits per heavy atom. The number of benzene rings is 1. The number of amides is 2. The predicted molar refractivity (Wildman–Crippen MR) is 99.6 cm³/mol. The van der Waals surface area contributed by atoms with Gasteiger partial charge in [-0.15, -0.1) is 0 Å². The quantitative estimate of drug-likeness (QED) is 0.663. The van der Waals surface area contributed by atoms with Gasteiger partial charge in [0.25, 0.3) is 0 Å². The van der Waals surface area contributed by atoms with Crippen molar-refractivity contribution in [3.63, 3.8) is 0 Å². The molecule has 0 radical (unpaired) electrons. The second-order valence-electron chi connectivity index (χ2n) is 6.54. The molecule has 1 aliphatic rings. The van der Waals surface area contributed by atoms with Crippen LogP contribution in [0, 0.1) is 5.92 Å². The summed E-state index contributed by atoms with van der Waals surface area (Å²) >= 11 is 0. The van der Waals surface area contributed by atoms with Crippen LogP contribution < -0.4 is 10.2 Å².